The Labute approximate surface area is 557 Å². The van der Waals surface area contributed by atoms with Crippen LogP contribution in [0.5, 0.6) is 0 Å². The van der Waals surface area contributed by atoms with Crippen molar-refractivity contribution in [3.63, 3.8) is 0 Å². The molecule has 11 aromatic carbocycles. The Balaban J connectivity index is 0.816. The van der Waals surface area contributed by atoms with Gasteiger partial charge >= 0.3 is 0 Å². The fourth-order valence-electron chi connectivity index (χ4n) is 15.5. The summed E-state index contributed by atoms with van der Waals surface area (Å²) < 4.78 is 2.15. The minimum absolute atomic E-state index is 0.0107. The van der Waals surface area contributed by atoms with Crippen LogP contribution in [0.1, 0.15) is 108 Å². The van der Waals surface area contributed by atoms with Gasteiger partial charge in [0, 0.05) is 48.5 Å². The normalized spacial score (nSPS) is 16.2. The fourth-order valence-corrected chi connectivity index (χ4v) is 16.3. The van der Waals surface area contributed by atoms with Crippen molar-refractivity contribution in [1.29, 1.82) is 0 Å². The van der Waals surface area contributed by atoms with E-state index in [4.69, 9.17) is 0 Å². The number of hydrogen-bond donors (Lipinski definition) is 0. The van der Waals surface area contributed by atoms with Gasteiger partial charge in [-0.3, -0.25) is 0 Å². The maximum Gasteiger partial charge on any atom is 0.0467 e. The fraction of sp³-hybridized carbons (Fsp3) is 0.195. The molecule has 0 saturated carbocycles. The van der Waals surface area contributed by atoms with Crippen LogP contribution in [0, 0.1) is 5.41 Å². The summed E-state index contributed by atoms with van der Waals surface area (Å²) >= 11 is 7.42. The molecule has 0 aromatic heterocycles. The predicted molar refractivity (Wildman–Crippen MR) is 395 cm³/mol. The van der Waals surface area contributed by atoms with E-state index in [0.717, 1.165) is 94.4 Å². The third-order valence-electron chi connectivity index (χ3n) is 19.8. The molecule has 1 spiro atoms. The van der Waals surface area contributed by atoms with Gasteiger partial charge in [0.25, 0.3) is 0 Å². The van der Waals surface area contributed by atoms with Crippen molar-refractivity contribution < 1.29 is 0 Å². The number of allylic oxidation sites excluding steroid dienone is 4. The zero-order valence-electron chi connectivity index (χ0n) is 53.2. The first-order valence-electron chi connectivity index (χ1n) is 32.7. The molecule has 3 aliphatic carbocycles. The van der Waals surface area contributed by atoms with Crippen LogP contribution in [0.15, 0.2) is 287 Å². The molecule has 0 amide bonds. The number of fused-ring (bicyclic) bond motifs is 3. The van der Waals surface area contributed by atoms with Gasteiger partial charge in [-0.15, -0.1) is 0 Å². The Hall–Kier alpha value is -8.54. The van der Waals surface area contributed by atoms with E-state index in [1.165, 1.54) is 89.0 Å². The minimum atomic E-state index is -0.130. The molecule has 0 heterocycles. The average Bonchev–Trinajstić information content (AvgIpc) is 1.53. The Morgan fingerprint density at radius 3 is 1.13 bits per heavy atom. The van der Waals surface area contributed by atoms with Gasteiger partial charge in [0.05, 0.1) is 0 Å². The van der Waals surface area contributed by atoms with E-state index in [2.05, 4.69) is 350 Å². The Kier molecular flexibility index (Phi) is 16.4. The number of halogens is 2. The molecule has 4 heteroatoms. The van der Waals surface area contributed by atoms with Crippen molar-refractivity contribution in [3.8, 4) is 55.6 Å². The maximum atomic E-state index is 3.71. The summed E-state index contributed by atoms with van der Waals surface area (Å²) in [5.74, 6) is 0. The van der Waals surface area contributed by atoms with Crippen molar-refractivity contribution in [1.82, 2.24) is 0 Å². The molecule has 0 bridgehead atoms. The second kappa shape index (κ2) is 24.9. The zero-order chi connectivity index (χ0) is 62.4. The lowest BCUT2D eigenvalue weighted by molar-refractivity contribution is 0.315. The van der Waals surface area contributed by atoms with Crippen molar-refractivity contribution in [2.24, 2.45) is 5.41 Å². The highest BCUT2D eigenvalue weighted by atomic mass is 79.9. The summed E-state index contributed by atoms with van der Waals surface area (Å²) in [4.78, 5) is 4.86. The van der Waals surface area contributed by atoms with Gasteiger partial charge in [-0.05, 0) is 247 Å². The summed E-state index contributed by atoms with van der Waals surface area (Å²) in [7, 11) is 0. The van der Waals surface area contributed by atoms with Crippen LogP contribution in [-0.2, 0) is 23.7 Å². The van der Waals surface area contributed by atoms with Crippen molar-refractivity contribution in [3.05, 3.63) is 315 Å². The molecule has 3 aliphatic rings. The molecule has 1 unspecified atom stereocenters. The van der Waals surface area contributed by atoms with Crippen LogP contribution in [0.25, 0.3) is 61.2 Å². The van der Waals surface area contributed by atoms with E-state index >= 15 is 0 Å². The van der Waals surface area contributed by atoms with Gasteiger partial charge in [-0.1, -0.05) is 256 Å². The summed E-state index contributed by atoms with van der Waals surface area (Å²) in [5.41, 5.74) is 30.4. The van der Waals surface area contributed by atoms with Crippen molar-refractivity contribution in [2.75, 3.05) is 9.80 Å². The van der Waals surface area contributed by atoms with Crippen molar-refractivity contribution in [2.45, 2.75) is 104 Å². The van der Waals surface area contributed by atoms with E-state index < -0.39 is 0 Å². The smallest absolute Gasteiger partial charge is 0.0467 e. The molecular weight excluding hydrogens is 1230 g/mol. The number of hydrogen-bond acceptors (Lipinski definition) is 2. The molecule has 0 N–H and O–H groups in total. The topological polar surface area (TPSA) is 6.48 Å². The molecule has 91 heavy (non-hydrogen) atoms. The lowest BCUT2D eigenvalue weighted by atomic mass is 9.70. The standard InChI is InChI=1S/C87H78Br2N2/c1-7-13-59-23-27-61(28-24-59)63-31-41-75(42-32-63)90(77-45-35-65(36-46-77)67-15-9-19-73(88)51-67)79-21-11-17-69(53-79)71-39-49-81-83(55-71)87(57-85(81,3)4)58-86(5,6)82-50-40-72(56-84(82)87)70-18-12-22-80(54-70)91(78-47-37-66(38-48-78)68-16-10-20-74(89)52-68)76-43-33-64(34-44-76)62-29-25-60(14-8-2)26-30-62/h9-12,15-39,41-49,51-56H,7-8,13-14,40,50,57-58H2,1-6H3. The summed E-state index contributed by atoms with van der Waals surface area (Å²) in [6, 6.07) is 97.8. The maximum absolute atomic E-state index is 3.71. The number of anilines is 6. The predicted octanol–water partition coefficient (Wildman–Crippen LogP) is 25.9. The lowest BCUT2D eigenvalue weighted by Gasteiger charge is -2.33. The molecule has 450 valence electrons. The number of nitrogens with zero attached hydrogens (tertiary/aromatic N) is 2. The van der Waals surface area contributed by atoms with Gasteiger partial charge in [-0.25, -0.2) is 0 Å². The third-order valence-corrected chi connectivity index (χ3v) is 20.7. The van der Waals surface area contributed by atoms with E-state index in [-0.39, 0.29) is 16.2 Å². The summed E-state index contributed by atoms with van der Waals surface area (Å²) in [5, 5.41) is 0. The second-order valence-electron chi connectivity index (χ2n) is 26.9. The van der Waals surface area contributed by atoms with Gasteiger partial charge in [0.15, 0.2) is 0 Å². The van der Waals surface area contributed by atoms with Crippen LogP contribution < -0.4 is 9.80 Å². The SMILES string of the molecule is CCCc1ccc(-c2ccc(N(c3ccc(-c4cccc(Br)c4)cc3)c3cccc(C4=CC5=C(CC4)C(C)(C)CC54CC(C)(C)c5ccc(-c6cccc(N(c7ccc(-c8ccc(CCC)cc8)cc7)c7ccc(-c8cccc(Br)c8)cc7)c6)cc54)c3)cc2)cc1. The first-order chi connectivity index (χ1) is 44.2. The largest absolute Gasteiger partial charge is 0.310 e. The molecule has 0 fully saturated rings. The average molecular weight is 1310 g/mol. The second-order valence-corrected chi connectivity index (χ2v) is 28.7. The molecule has 0 aliphatic heterocycles. The Morgan fingerprint density at radius 1 is 0.330 bits per heavy atom. The highest BCUT2D eigenvalue weighted by Gasteiger charge is 2.57. The monoisotopic (exact) mass is 1310 g/mol. The van der Waals surface area contributed by atoms with E-state index in [0.29, 0.717) is 0 Å². The summed E-state index contributed by atoms with van der Waals surface area (Å²) in [6.07, 6.45) is 11.4. The number of rotatable bonds is 16. The molecule has 0 radical (unpaired) electrons. The van der Waals surface area contributed by atoms with E-state index in [9.17, 15) is 0 Å². The first kappa shape index (κ1) is 60.0. The van der Waals surface area contributed by atoms with E-state index in [1.807, 2.05) is 0 Å². The summed E-state index contributed by atoms with van der Waals surface area (Å²) in [6.45, 7) is 14.5. The minimum Gasteiger partial charge on any atom is -0.310 e. The lowest BCUT2D eigenvalue weighted by Crippen LogP contribution is -2.27. The zero-order valence-corrected chi connectivity index (χ0v) is 56.4. The number of benzene rings is 11. The Bertz CT molecular complexity index is 4530. The van der Waals surface area contributed by atoms with Crippen LogP contribution in [0.3, 0.4) is 0 Å². The molecule has 11 aromatic rings. The highest BCUT2D eigenvalue weighted by Crippen LogP contribution is 2.66. The van der Waals surface area contributed by atoms with Crippen LogP contribution in [0.4, 0.5) is 34.1 Å². The van der Waals surface area contributed by atoms with Crippen LogP contribution >= 0.6 is 31.9 Å². The third kappa shape index (κ3) is 12.0. The quantitative estimate of drug-likeness (QED) is 0.0951. The molecule has 1 atom stereocenters. The molecule has 0 saturated heterocycles. The Morgan fingerprint density at radius 2 is 0.692 bits per heavy atom. The molecule has 2 nitrogen and oxygen atoms in total. The first-order valence-corrected chi connectivity index (χ1v) is 34.3. The highest BCUT2D eigenvalue weighted by molar-refractivity contribution is 9.10. The van der Waals surface area contributed by atoms with Gasteiger partial charge in [0.2, 0.25) is 0 Å². The molecule has 14 rings (SSSR count). The van der Waals surface area contributed by atoms with E-state index in [1.54, 1.807) is 11.1 Å². The van der Waals surface area contributed by atoms with Gasteiger partial charge in [-0.2, -0.15) is 0 Å². The van der Waals surface area contributed by atoms with Crippen LogP contribution in [0.2, 0.25) is 0 Å². The number of aryl methyl sites for hydroxylation is 2. The van der Waals surface area contributed by atoms with Gasteiger partial charge < -0.3 is 9.80 Å². The van der Waals surface area contributed by atoms with Crippen molar-refractivity contribution >= 4 is 71.6 Å². The molecular formula is C87H78Br2N2. The van der Waals surface area contributed by atoms with Crippen LogP contribution in [-0.4, -0.2) is 0 Å². The van der Waals surface area contributed by atoms with Gasteiger partial charge in [0.1, 0.15) is 0 Å².